The number of halogens is 1. The topological polar surface area (TPSA) is 60.9 Å². The van der Waals surface area contributed by atoms with Gasteiger partial charge in [-0.05, 0) is 17.7 Å². The lowest BCUT2D eigenvalue weighted by molar-refractivity contribution is -0.144. The van der Waals surface area contributed by atoms with Gasteiger partial charge >= 0.3 is 12.0 Å². The number of rotatable bonds is 4. The zero-order valence-electron chi connectivity index (χ0n) is 12.1. The van der Waals surface area contributed by atoms with Crippen molar-refractivity contribution in [1.29, 1.82) is 0 Å². The van der Waals surface area contributed by atoms with Gasteiger partial charge in [-0.2, -0.15) is 0 Å². The molecule has 1 saturated heterocycles. The van der Waals surface area contributed by atoms with Crippen LogP contribution in [0.15, 0.2) is 24.3 Å². The Morgan fingerprint density at radius 2 is 1.95 bits per heavy atom. The Morgan fingerprint density at radius 1 is 1.38 bits per heavy atom. The van der Waals surface area contributed by atoms with Crippen LogP contribution in [0.25, 0.3) is 0 Å². The molecule has 0 aliphatic carbocycles. The van der Waals surface area contributed by atoms with Gasteiger partial charge < -0.3 is 14.9 Å². The Morgan fingerprint density at radius 3 is 2.48 bits per heavy atom. The largest absolute Gasteiger partial charge is 0.481 e. The molecule has 1 unspecified atom stereocenters. The Labute approximate surface area is 129 Å². The number of aliphatic carboxylic acids is 1. The van der Waals surface area contributed by atoms with Crippen LogP contribution in [0.2, 0.25) is 5.02 Å². The Balaban J connectivity index is 1.84. The van der Waals surface area contributed by atoms with Crippen LogP contribution in [0, 0.1) is 11.8 Å². The van der Waals surface area contributed by atoms with Gasteiger partial charge in [0.2, 0.25) is 0 Å². The third-order valence-electron chi connectivity index (χ3n) is 3.94. The zero-order valence-corrected chi connectivity index (χ0v) is 12.9. The summed E-state index contributed by atoms with van der Waals surface area (Å²) in [6.45, 7) is 3.21. The number of carbonyl (C=O) groups is 2. The van der Waals surface area contributed by atoms with Gasteiger partial charge in [0.05, 0.1) is 5.92 Å². The van der Waals surface area contributed by atoms with E-state index in [0.29, 0.717) is 24.7 Å². The van der Waals surface area contributed by atoms with E-state index in [9.17, 15) is 9.59 Å². The van der Waals surface area contributed by atoms with E-state index in [1.165, 1.54) is 0 Å². The third kappa shape index (κ3) is 3.67. The first kappa shape index (κ1) is 15.6. The molecule has 114 valence electrons. The fourth-order valence-electron chi connectivity index (χ4n) is 2.36. The van der Waals surface area contributed by atoms with Gasteiger partial charge in [0.15, 0.2) is 0 Å². The first-order valence-corrected chi connectivity index (χ1v) is 7.23. The van der Waals surface area contributed by atoms with E-state index in [2.05, 4.69) is 0 Å². The summed E-state index contributed by atoms with van der Waals surface area (Å²) < 4.78 is 0. The number of urea groups is 1. The molecule has 1 aliphatic rings. The number of likely N-dealkylation sites (tertiary alicyclic amines) is 1. The second-order valence-electron chi connectivity index (χ2n) is 5.56. The molecule has 1 fully saturated rings. The summed E-state index contributed by atoms with van der Waals surface area (Å²) >= 11 is 5.83. The van der Waals surface area contributed by atoms with Crippen LogP contribution in [0.3, 0.4) is 0 Å². The summed E-state index contributed by atoms with van der Waals surface area (Å²) in [5.74, 6) is -1.16. The highest BCUT2D eigenvalue weighted by molar-refractivity contribution is 6.30. The highest BCUT2D eigenvalue weighted by Gasteiger charge is 2.38. The summed E-state index contributed by atoms with van der Waals surface area (Å²) in [6.07, 6.45) is 0. The summed E-state index contributed by atoms with van der Waals surface area (Å²) in [6, 6.07) is 7.29. The molecular weight excluding hydrogens is 292 g/mol. The molecule has 1 atom stereocenters. The number of nitrogens with zero attached hydrogens (tertiary/aromatic N) is 2. The van der Waals surface area contributed by atoms with Crippen LogP contribution < -0.4 is 0 Å². The number of amides is 2. The van der Waals surface area contributed by atoms with E-state index in [4.69, 9.17) is 16.7 Å². The van der Waals surface area contributed by atoms with Gasteiger partial charge in [0.1, 0.15) is 0 Å². The van der Waals surface area contributed by atoms with Crippen molar-refractivity contribution in [2.45, 2.75) is 13.5 Å². The molecule has 2 amide bonds. The Hall–Kier alpha value is -1.75. The smallest absolute Gasteiger partial charge is 0.320 e. The van der Waals surface area contributed by atoms with Gasteiger partial charge in [-0.1, -0.05) is 30.7 Å². The quantitative estimate of drug-likeness (QED) is 0.929. The molecular formula is C15H19ClN2O3. The number of benzene rings is 1. The average molecular weight is 311 g/mol. The second-order valence-corrected chi connectivity index (χ2v) is 5.99. The van der Waals surface area contributed by atoms with Crippen molar-refractivity contribution in [3.63, 3.8) is 0 Å². The molecule has 21 heavy (non-hydrogen) atoms. The maximum absolute atomic E-state index is 12.2. The van der Waals surface area contributed by atoms with E-state index in [0.717, 1.165) is 5.56 Å². The minimum Gasteiger partial charge on any atom is -0.481 e. The predicted molar refractivity (Wildman–Crippen MR) is 80.2 cm³/mol. The SMILES string of the molecule is CC(C(=O)O)C1CN(C(=O)N(C)Cc2ccc(Cl)cc2)C1. The fourth-order valence-corrected chi connectivity index (χ4v) is 2.49. The van der Waals surface area contributed by atoms with Crippen molar-refractivity contribution >= 4 is 23.6 Å². The molecule has 6 heteroatoms. The molecule has 0 saturated carbocycles. The first-order valence-electron chi connectivity index (χ1n) is 6.85. The maximum Gasteiger partial charge on any atom is 0.320 e. The molecule has 1 aliphatic heterocycles. The lowest BCUT2D eigenvalue weighted by Gasteiger charge is -2.42. The van der Waals surface area contributed by atoms with Crippen molar-refractivity contribution in [3.05, 3.63) is 34.9 Å². The number of hydrogen-bond acceptors (Lipinski definition) is 2. The molecule has 1 aromatic carbocycles. The molecule has 1 aromatic rings. The standard InChI is InChI=1S/C15H19ClN2O3/c1-10(14(19)20)12-8-18(9-12)15(21)17(2)7-11-3-5-13(16)6-4-11/h3-6,10,12H,7-9H2,1-2H3,(H,19,20). The molecule has 1 N–H and O–H groups in total. The summed E-state index contributed by atoms with van der Waals surface area (Å²) in [5, 5.41) is 9.61. The van der Waals surface area contributed by atoms with Gasteiger partial charge in [-0.15, -0.1) is 0 Å². The molecule has 0 spiro atoms. The Kier molecular flexibility index (Phi) is 4.73. The van der Waals surface area contributed by atoms with Crippen LogP contribution in [-0.2, 0) is 11.3 Å². The van der Waals surface area contributed by atoms with Crippen LogP contribution in [0.1, 0.15) is 12.5 Å². The van der Waals surface area contributed by atoms with E-state index in [1.54, 1.807) is 35.9 Å². The molecule has 5 nitrogen and oxygen atoms in total. The lowest BCUT2D eigenvalue weighted by Crippen LogP contribution is -2.56. The van der Waals surface area contributed by atoms with Crippen molar-refractivity contribution in [1.82, 2.24) is 9.80 Å². The summed E-state index contributed by atoms with van der Waals surface area (Å²) in [7, 11) is 1.74. The van der Waals surface area contributed by atoms with Gasteiger partial charge in [0, 0.05) is 37.6 Å². The van der Waals surface area contributed by atoms with E-state index in [-0.39, 0.29) is 11.9 Å². The van der Waals surface area contributed by atoms with Crippen molar-refractivity contribution < 1.29 is 14.7 Å². The molecule has 1 heterocycles. The predicted octanol–water partition coefficient (Wildman–Crippen LogP) is 2.54. The molecule has 2 rings (SSSR count). The van der Waals surface area contributed by atoms with Crippen LogP contribution in [0.4, 0.5) is 4.79 Å². The highest BCUT2D eigenvalue weighted by atomic mass is 35.5. The van der Waals surface area contributed by atoms with E-state index in [1.807, 2.05) is 12.1 Å². The monoisotopic (exact) mass is 310 g/mol. The fraction of sp³-hybridized carbons (Fsp3) is 0.467. The average Bonchev–Trinajstić information content (AvgIpc) is 2.39. The molecule has 0 aromatic heterocycles. The highest BCUT2D eigenvalue weighted by Crippen LogP contribution is 2.25. The minimum atomic E-state index is -0.804. The lowest BCUT2D eigenvalue weighted by atomic mass is 9.87. The number of carbonyl (C=O) groups excluding carboxylic acids is 1. The maximum atomic E-state index is 12.2. The van der Waals surface area contributed by atoms with Gasteiger partial charge in [-0.25, -0.2) is 4.79 Å². The Bertz CT molecular complexity index is 526. The van der Waals surface area contributed by atoms with Crippen molar-refractivity contribution in [2.75, 3.05) is 20.1 Å². The third-order valence-corrected chi connectivity index (χ3v) is 4.19. The van der Waals surface area contributed by atoms with Crippen molar-refractivity contribution in [3.8, 4) is 0 Å². The molecule has 0 radical (unpaired) electrons. The number of carboxylic acid groups (broad SMARTS) is 1. The first-order chi connectivity index (χ1) is 9.88. The van der Waals surface area contributed by atoms with Crippen molar-refractivity contribution in [2.24, 2.45) is 11.8 Å². The summed E-state index contributed by atoms with van der Waals surface area (Å²) in [4.78, 5) is 26.4. The normalized spacial score (nSPS) is 16.2. The summed E-state index contributed by atoms with van der Waals surface area (Å²) in [5.41, 5.74) is 1.01. The number of carboxylic acids is 1. The van der Waals surface area contributed by atoms with Crippen LogP contribution in [0.5, 0.6) is 0 Å². The molecule has 0 bridgehead atoms. The van der Waals surface area contributed by atoms with Crippen LogP contribution >= 0.6 is 11.6 Å². The van der Waals surface area contributed by atoms with Gasteiger partial charge in [0.25, 0.3) is 0 Å². The van der Waals surface area contributed by atoms with Gasteiger partial charge in [-0.3, -0.25) is 4.79 Å². The number of hydrogen-bond donors (Lipinski definition) is 1. The van der Waals surface area contributed by atoms with E-state index >= 15 is 0 Å². The second kappa shape index (κ2) is 6.35. The minimum absolute atomic E-state index is 0.0513. The van der Waals surface area contributed by atoms with Crippen LogP contribution in [-0.4, -0.2) is 47.0 Å². The van der Waals surface area contributed by atoms with E-state index < -0.39 is 11.9 Å². The zero-order chi connectivity index (χ0) is 15.6.